The van der Waals surface area contributed by atoms with Crippen LogP contribution in [0.1, 0.15) is 36.3 Å². The molecule has 1 heterocycles. The van der Waals surface area contributed by atoms with Gasteiger partial charge >= 0.3 is 0 Å². The molecule has 0 aliphatic heterocycles. The highest BCUT2D eigenvalue weighted by Gasteiger charge is 2.00. The molecule has 4 heteroatoms. The fraction of sp³-hybridized carbons (Fsp3) is 0.375. The average molecular weight is 270 g/mol. The molecule has 0 radical (unpaired) electrons. The molecule has 2 rings (SSSR count). The van der Waals surface area contributed by atoms with Crippen molar-refractivity contribution in [3.05, 3.63) is 47.3 Å². The third-order valence-electron chi connectivity index (χ3n) is 3.01. The van der Waals surface area contributed by atoms with E-state index >= 15 is 0 Å². The second-order valence-electron chi connectivity index (χ2n) is 4.72. The van der Waals surface area contributed by atoms with E-state index in [0.29, 0.717) is 12.2 Å². The predicted molar refractivity (Wildman–Crippen MR) is 75.4 cm³/mol. The molecule has 0 saturated heterocycles. The maximum Gasteiger partial charge on any atom is 0.133 e. The maximum atomic E-state index is 8.69. The van der Waals surface area contributed by atoms with E-state index in [1.807, 2.05) is 25.1 Å². The summed E-state index contributed by atoms with van der Waals surface area (Å²) in [5.74, 6) is 1.68. The Morgan fingerprint density at radius 2 is 2.00 bits per heavy atom. The van der Waals surface area contributed by atoms with Gasteiger partial charge in [0.05, 0.1) is 23.9 Å². The highest BCUT2D eigenvalue weighted by molar-refractivity contribution is 5.34. The third kappa shape index (κ3) is 4.43. The standard InChI is InChI=1S/C16H18N2O2/c1-13-11-15(18-20-13)5-3-2-4-10-19-16-8-6-14(12-17)7-9-16/h6-9,11H,2-5,10H2,1H3. The molecule has 0 aliphatic rings. The first kappa shape index (κ1) is 14.1. The lowest BCUT2D eigenvalue weighted by Crippen LogP contribution is -1.97. The molecule has 0 unspecified atom stereocenters. The van der Waals surface area contributed by atoms with Gasteiger partial charge in [-0.25, -0.2) is 0 Å². The van der Waals surface area contributed by atoms with E-state index < -0.39 is 0 Å². The molecule has 0 spiro atoms. The number of ether oxygens (including phenoxy) is 1. The van der Waals surface area contributed by atoms with Crippen LogP contribution in [0, 0.1) is 18.3 Å². The number of benzene rings is 1. The Morgan fingerprint density at radius 3 is 2.65 bits per heavy atom. The van der Waals surface area contributed by atoms with Gasteiger partial charge in [-0.3, -0.25) is 0 Å². The molecule has 0 aliphatic carbocycles. The molecule has 1 aromatic heterocycles. The van der Waals surface area contributed by atoms with E-state index in [0.717, 1.165) is 42.9 Å². The number of nitriles is 1. The van der Waals surface area contributed by atoms with Crippen LogP contribution in [0.5, 0.6) is 5.75 Å². The second kappa shape index (κ2) is 7.34. The Hall–Kier alpha value is -2.28. The van der Waals surface area contributed by atoms with Gasteiger partial charge < -0.3 is 9.26 Å². The van der Waals surface area contributed by atoms with Gasteiger partial charge in [-0.15, -0.1) is 0 Å². The summed E-state index contributed by atoms with van der Waals surface area (Å²) in [4.78, 5) is 0. The molecule has 104 valence electrons. The van der Waals surface area contributed by atoms with Gasteiger partial charge in [-0.1, -0.05) is 5.16 Å². The van der Waals surface area contributed by atoms with Crippen molar-refractivity contribution in [3.8, 4) is 11.8 Å². The molecule has 0 saturated carbocycles. The molecular weight excluding hydrogens is 252 g/mol. The smallest absolute Gasteiger partial charge is 0.133 e. The predicted octanol–water partition coefficient (Wildman–Crippen LogP) is 3.65. The van der Waals surface area contributed by atoms with Crippen LogP contribution in [0.4, 0.5) is 0 Å². The van der Waals surface area contributed by atoms with E-state index in [4.69, 9.17) is 14.5 Å². The van der Waals surface area contributed by atoms with Gasteiger partial charge in [0.1, 0.15) is 11.5 Å². The van der Waals surface area contributed by atoms with E-state index in [2.05, 4.69) is 11.2 Å². The molecule has 0 fully saturated rings. The van der Waals surface area contributed by atoms with Crippen molar-refractivity contribution < 1.29 is 9.26 Å². The molecule has 2 aromatic rings. The molecular formula is C16H18N2O2. The van der Waals surface area contributed by atoms with Crippen molar-refractivity contribution in [1.29, 1.82) is 5.26 Å². The lowest BCUT2D eigenvalue weighted by atomic mass is 10.1. The van der Waals surface area contributed by atoms with Crippen LogP contribution in [0.15, 0.2) is 34.9 Å². The van der Waals surface area contributed by atoms with Crippen LogP contribution < -0.4 is 4.74 Å². The zero-order valence-electron chi connectivity index (χ0n) is 11.6. The van der Waals surface area contributed by atoms with E-state index in [9.17, 15) is 0 Å². The fourth-order valence-electron chi connectivity index (χ4n) is 1.94. The lowest BCUT2D eigenvalue weighted by Gasteiger charge is -2.05. The normalized spacial score (nSPS) is 10.2. The highest BCUT2D eigenvalue weighted by atomic mass is 16.5. The van der Waals surface area contributed by atoms with E-state index in [1.54, 1.807) is 12.1 Å². The van der Waals surface area contributed by atoms with Crippen LogP contribution in [0.2, 0.25) is 0 Å². The summed E-state index contributed by atoms with van der Waals surface area (Å²) < 4.78 is 10.6. The van der Waals surface area contributed by atoms with Crippen LogP contribution in [0.25, 0.3) is 0 Å². The summed E-state index contributed by atoms with van der Waals surface area (Å²) in [6.07, 6.45) is 4.15. The van der Waals surface area contributed by atoms with Gasteiger partial charge in [0.2, 0.25) is 0 Å². The van der Waals surface area contributed by atoms with Crippen molar-refractivity contribution in [3.63, 3.8) is 0 Å². The topological polar surface area (TPSA) is 59.0 Å². The van der Waals surface area contributed by atoms with Gasteiger partial charge in [0.15, 0.2) is 0 Å². The SMILES string of the molecule is Cc1cc(CCCCCOc2ccc(C#N)cc2)no1. The summed E-state index contributed by atoms with van der Waals surface area (Å²) in [5.41, 5.74) is 1.68. The van der Waals surface area contributed by atoms with E-state index in [-0.39, 0.29) is 0 Å². The molecule has 1 aromatic carbocycles. The maximum absolute atomic E-state index is 8.69. The van der Waals surface area contributed by atoms with Crippen molar-refractivity contribution in [2.24, 2.45) is 0 Å². The first-order chi connectivity index (χ1) is 9.78. The monoisotopic (exact) mass is 270 g/mol. The summed E-state index contributed by atoms with van der Waals surface area (Å²) in [5, 5.41) is 12.7. The Morgan fingerprint density at radius 1 is 1.20 bits per heavy atom. The first-order valence-electron chi connectivity index (χ1n) is 6.83. The Balaban J connectivity index is 1.58. The molecule has 0 amide bonds. The van der Waals surface area contributed by atoms with Crippen molar-refractivity contribution in [2.45, 2.75) is 32.6 Å². The number of unbranched alkanes of at least 4 members (excludes halogenated alkanes) is 2. The van der Waals surface area contributed by atoms with E-state index in [1.165, 1.54) is 0 Å². The first-order valence-corrected chi connectivity index (χ1v) is 6.83. The van der Waals surface area contributed by atoms with Gasteiger partial charge in [0, 0.05) is 6.07 Å². The molecule has 20 heavy (non-hydrogen) atoms. The largest absolute Gasteiger partial charge is 0.494 e. The Bertz CT molecular complexity index is 567. The Kier molecular flexibility index (Phi) is 5.19. The minimum absolute atomic E-state index is 0.653. The summed E-state index contributed by atoms with van der Waals surface area (Å²) in [6.45, 7) is 2.60. The van der Waals surface area contributed by atoms with Gasteiger partial charge in [-0.2, -0.15) is 5.26 Å². The molecule has 4 nitrogen and oxygen atoms in total. The average Bonchev–Trinajstić information content (AvgIpc) is 2.89. The summed E-state index contributed by atoms with van der Waals surface area (Å²) in [6, 6.07) is 11.3. The van der Waals surface area contributed by atoms with Crippen molar-refractivity contribution >= 4 is 0 Å². The number of rotatable bonds is 7. The quantitative estimate of drug-likeness (QED) is 0.720. The zero-order valence-corrected chi connectivity index (χ0v) is 11.6. The second-order valence-corrected chi connectivity index (χ2v) is 4.72. The van der Waals surface area contributed by atoms with Crippen LogP contribution >= 0.6 is 0 Å². The van der Waals surface area contributed by atoms with Gasteiger partial charge in [0.25, 0.3) is 0 Å². The highest BCUT2D eigenvalue weighted by Crippen LogP contribution is 2.13. The Labute approximate surface area is 119 Å². The number of aryl methyl sites for hydroxylation is 2. The van der Waals surface area contributed by atoms with Crippen LogP contribution in [-0.4, -0.2) is 11.8 Å². The minimum atomic E-state index is 0.653. The van der Waals surface area contributed by atoms with Crippen LogP contribution in [-0.2, 0) is 6.42 Å². The summed E-state index contributed by atoms with van der Waals surface area (Å²) >= 11 is 0. The van der Waals surface area contributed by atoms with Crippen LogP contribution in [0.3, 0.4) is 0 Å². The number of nitrogens with zero attached hydrogens (tertiary/aromatic N) is 2. The number of hydrogen-bond donors (Lipinski definition) is 0. The number of aromatic nitrogens is 1. The van der Waals surface area contributed by atoms with Crippen molar-refractivity contribution in [2.75, 3.05) is 6.61 Å². The summed E-state index contributed by atoms with van der Waals surface area (Å²) in [7, 11) is 0. The van der Waals surface area contributed by atoms with Gasteiger partial charge in [-0.05, 0) is 56.9 Å². The van der Waals surface area contributed by atoms with Crippen molar-refractivity contribution in [1.82, 2.24) is 5.16 Å². The fourth-order valence-corrected chi connectivity index (χ4v) is 1.94. The number of hydrogen-bond acceptors (Lipinski definition) is 4. The minimum Gasteiger partial charge on any atom is -0.494 e. The zero-order chi connectivity index (χ0) is 14.2. The lowest BCUT2D eigenvalue weighted by molar-refractivity contribution is 0.305. The molecule has 0 N–H and O–H groups in total. The third-order valence-corrected chi connectivity index (χ3v) is 3.01. The molecule has 0 atom stereocenters. The molecule has 0 bridgehead atoms.